The van der Waals surface area contributed by atoms with Gasteiger partial charge in [-0.15, -0.1) is 0 Å². The molecule has 1 aromatic carbocycles. The molecule has 2 heteroatoms. The van der Waals surface area contributed by atoms with Crippen molar-refractivity contribution in [1.29, 1.82) is 5.26 Å². The van der Waals surface area contributed by atoms with E-state index >= 15 is 0 Å². The molecule has 94 valence electrons. The van der Waals surface area contributed by atoms with Crippen LogP contribution < -0.4 is 4.74 Å². The van der Waals surface area contributed by atoms with Crippen LogP contribution in [0.3, 0.4) is 0 Å². The molecule has 2 aliphatic carbocycles. The number of ether oxygens (including phenoxy) is 1. The van der Waals surface area contributed by atoms with Gasteiger partial charge in [-0.05, 0) is 37.2 Å². The quantitative estimate of drug-likeness (QED) is 0.788. The Balaban J connectivity index is 1.93. The molecule has 2 aliphatic rings. The number of nitriles is 1. The van der Waals surface area contributed by atoms with Crippen LogP contribution >= 0.6 is 0 Å². The Kier molecular flexibility index (Phi) is 2.59. The number of hydrogen-bond donors (Lipinski definition) is 0. The summed E-state index contributed by atoms with van der Waals surface area (Å²) in [4.78, 5) is 0. The minimum Gasteiger partial charge on any atom is -0.496 e. The molecule has 0 amide bonds. The van der Waals surface area contributed by atoms with E-state index in [0.717, 1.165) is 24.2 Å². The van der Waals surface area contributed by atoms with E-state index < -0.39 is 0 Å². The topological polar surface area (TPSA) is 33.0 Å². The zero-order chi connectivity index (χ0) is 12.6. The minimum atomic E-state index is -0.295. The van der Waals surface area contributed by atoms with E-state index in [1.165, 1.54) is 25.7 Å². The van der Waals surface area contributed by atoms with E-state index in [2.05, 4.69) is 12.1 Å². The van der Waals surface area contributed by atoms with Crippen LogP contribution in [0.2, 0.25) is 0 Å². The van der Waals surface area contributed by atoms with Crippen LogP contribution in [0.4, 0.5) is 0 Å². The van der Waals surface area contributed by atoms with Crippen LogP contribution in [0, 0.1) is 16.7 Å². The van der Waals surface area contributed by atoms with Crippen molar-refractivity contribution in [2.45, 2.75) is 43.9 Å². The highest BCUT2D eigenvalue weighted by Crippen LogP contribution is 2.63. The average molecular weight is 241 g/mol. The first-order valence-electron chi connectivity index (χ1n) is 6.78. The van der Waals surface area contributed by atoms with Gasteiger partial charge in [-0.2, -0.15) is 5.26 Å². The smallest absolute Gasteiger partial charge is 0.123 e. The third kappa shape index (κ3) is 1.54. The number of hydrogen-bond acceptors (Lipinski definition) is 2. The van der Waals surface area contributed by atoms with Crippen LogP contribution in [0.1, 0.15) is 44.1 Å². The van der Waals surface area contributed by atoms with Crippen LogP contribution in [0.15, 0.2) is 24.3 Å². The molecule has 18 heavy (non-hydrogen) atoms. The van der Waals surface area contributed by atoms with E-state index in [0.29, 0.717) is 5.41 Å². The normalized spacial score (nSPS) is 23.3. The molecule has 1 aromatic rings. The van der Waals surface area contributed by atoms with Gasteiger partial charge in [-0.3, -0.25) is 0 Å². The Labute approximate surface area is 109 Å². The summed E-state index contributed by atoms with van der Waals surface area (Å²) in [6, 6.07) is 10.6. The fraction of sp³-hybridized carbons (Fsp3) is 0.562. The number of nitrogens with zero attached hydrogens (tertiary/aromatic N) is 1. The summed E-state index contributed by atoms with van der Waals surface area (Å²) in [5, 5.41) is 9.65. The highest BCUT2D eigenvalue weighted by molar-refractivity contribution is 5.47. The molecule has 2 nitrogen and oxygen atoms in total. The monoisotopic (exact) mass is 241 g/mol. The first-order valence-corrected chi connectivity index (χ1v) is 6.78. The van der Waals surface area contributed by atoms with E-state index in [-0.39, 0.29) is 5.41 Å². The molecule has 0 N–H and O–H groups in total. The molecule has 3 rings (SSSR count). The molecule has 1 spiro atoms. The number of methoxy groups -OCH3 is 1. The Hall–Kier alpha value is -1.49. The number of benzene rings is 1. The lowest BCUT2D eigenvalue weighted by Crippen LogP contribution is -2.47. The zero-order valence-electron chi connectivity index (χ0n) is 10.9. The van der Waals surface area contributed by atoms with Gasteiger partial charge in [0.05, 0.1) is 18.6 Å². The van der Waals surface area contributed by atoms with Gasteiger partial charge in [0.1, 0.15) is 5.75 Å². The van der Waals surface area contributed by atoms with E-state index in [1.54, 1.807) is 7.11 Å². The van der Waals surface area contributed by atoms with Crippen LogP contribution in [0.25, 0.3) is 0 Å². The molecule has 0 unspecified atom stereocenters. The molecular weight excluding hydrogens is 222 g/mol. The Morgan fingerprint density at radius 2 is 1.83 bits per heavy atom. The van der Waals surface area contributed by atoms with Gasteiger partial charge in [0.15, 0.2) is 0 Å². The Morgan fingerprint density at radius 3 is 2.44 bits per heavy atom. The van der Waals surface area contributed by atoms with Gasteiger partial charge in [0.25, 0.3) is 0 Å². The molecule has 0 heterocycles. The summed E-state index contributed by atoms with van der Waals surface area (Å²) >= 11 is 0. The molecule has 0 saturated heterocycles. The van der Waals surface area contributed by atoms with Crippen LogP contribution in [-0.4, -0.2) is 7.11 Å². The molecule has 0 aliphatic heterocycles. The van der Waals surface area contributed by atoms with Crippen molar-refractivity contribution < 1.29 is 4.74 Å². The van der Waals surface area contributed by atoms with Gasteiger partial charge in [-0.1, -0.05) is 31.0 Å². The van der Waals surface area contributed by atoms with Gasteiger partial charge >= 0.3 is 0 Å². The first-order chi connectivity index (χ1) is 8.74. The van der Waals surface area contributed by atoms with E-state index in [1.807, 2.05) is 18.2 Å². The van der Waals surface area contributed by atoms with E-state index in [9.17, 15) is 5.26 Å². The third-order valence-corrected chi connectivity index (χ3v) is 4.85. The lowest BCUT2D eigenvalue weighted by Gasteiger charge is -2.51. The number of rotatable bonds is 2. The minimum absolute atomic E-state index is 0.295. The van der Waals surface area contributed by atoms with Crippen molar-refractivity contribution in [3.05, 3.63) is 29.8 Å². The van der Waals surface area contributed by atoms with Crippen molar-refractivity contribution in [2.24, 2.45) is 5.41 Å². The predicted octanol–water partition coefficient (Wildman–Crippen LogP) is 3.81. The summed E-state index contributed by atoms with van der Waals surface area (Å²) in [7, 11) is 1.69. The third-order valence-electron chi connectivity index (χ3n) is 4.85. The second kappa shape index (κ2) is 4.02. The van der Waals surface area contributed by atoms with Crippen molar-refractivity contribution in [3.8, 4) is 11.8 Å². The second-order valence-corrected chi connectivity index (χ2v) is 5.95. The Bertz CT molecular complexity index is 486. The maximum atomic E-state index is 9.65. The first kappa shape index (κ1) is 11.6. The molecular formula is C16H19NO. The van der Waals surface area contributed by atoms with Crippen molar-refractivity contribution >= 4 is 0 Å². The van der Waals surface area contributed by atoms with E-state index in [4.69, 9.17) is 4.74 Å². The predicted molar refractivity (Wildman–Crippen MR) is 70.4 cm³/mol. The summed E-state index contributed by atoms with van der Waals surface area (Å²) in [6.45, 7) is 0. The molecule has 0 aromatic heterocycles. The fourth-order valence-electron chi connectivity index (χ4n) is 4.08. The van der Waals surface area contributed by atoms with Gasteiger partial charge in [0, 0.05) is 5.56 Å². The van der Waals surface area contributed by atoms with Crippen LogP contribution in [0.5, 0.6) is 5.75 Å². The summed E-state index contributed by atoms with van der Waals surface area (Å²) < 4.78 is 5.43. The standard InChI is InChI=1S/C16H19NO/c1-18-14-7-3-2-6-13(14)16(12-17)10-15(11-16)8-4-5-9-15/h2-3,6-7H,4-5,8-11H2,1H3. The molecule has 2 saturated carbocycles. The van der Waals surface area contributed by atoms with Crippen molar-refractivity contribution in [2.75, 3.05) is 7.11 Å². The van der Waals surface area contributed by atoms with Gasteiger partial charge < -0.3 is 4.74 Å². The molecule has 2 fully saturated rings. The average Bonchev–Trinajstić information content (AvgIpc) is 2.85. The Morgan fingerprint density at radius 1 is 1.17 bits per heavy atom. The molecule has 0 atom stereocenters. The van der Waals surface area contributed by atoms with Crippen molar-refractivity contribution in [3.63, 3.8) is 0 Å². The van der Waals surface area contributed by atoms with Crippen LogP contribution in [-0.2, 0) is 5.41 Å². The maximum absolute atomic E-state index is 9.65. The highest BCUT2D eigenvalue weighted by Gasteiger charge is 2.57. The number of para-hydroxylation sites is 1. The summed E-state index contributed by atoms with van der Waals surface area (Å²) in [5.41, 5.74) is 1.26. The summed E-state index contributed by atoms with van der Waals surface area (Å²) in [6.07, 6.45) is 7.35. The van der Waals surface area contributed by atoms with Gasteiger partial charge in [-0.25, -0.2) is 0 Å². The SMILES string of the molecule is COc1ccccc1C1(C#N)CC2(CCCC2)C1. The highest BCUT2D eigenvalue weighted by atomic mass is 16.5. The lowest BCUT2D eigenvalue weighted by atomic mass is 9.50. The lowest BCUT2D eigenvalue weighted by molar-refractivity contribution is 0.0632. The molecule has 0 bridgehead atoms. The summed E-state index contributed by atoms with van der Waals surface area (Å²) in [5.74, 6) is 0.867. The fourth-order valence-corrected chi connectivity index (χ4v) is 4.08. The molecule has 0 radical (unpaired) electrons. The van der Waals surface area contributed by atoms with Crippen molar-refractivity contribution in [1.82, 2.24) is 0 Å². The maximum Gasteiger partial charge on any atom is 0.123 e. The van der Waals surface area contributed by atoms with Gasteiger partial charge in [0.2, 0.25) is 0 Å². The largest absolute Gasteiger partial charge is 0.496 e. The zero-order valence-corrected chi connectivity index (χ0v) is 10.9. The second-order valence-electron chi connectivity index (χ2n) is 5.95.